The third kappa shape index (κ3) is 2.79. The summed E-state index contributed by atoms with van der Waals surface area (Å²) in [7, 11) is 0. The van der Waals surface area contributed by atoms with Crippen molar-refractivity contribution >= 4 is 11.9 Å². The molecule has 84 valence electrons. The monoisotopic (exact) mass is 213 g/mol. The maximum Gasteiger partial charge on any atom is 0.328 e. The molecule has 1 atom stereocenters. The highest BCUT2D eigenvalue weighted by atomic mass is 16.4. The summed E-state index contributed by atoms with van der Waals surface area (Å²) >= 11 is 0. The van der Waals surface area contributed by atoms with Crippen molar-refractivity contribution in [3.05, 3.63) is 12.2 Å². The van der Waals surface area contributed by atoms with E-state index >= 15 is 0 Å². The lowest BCUT2D eigenvalue weighted by molar-refractivity contribution is -0.132. The highest BCUT2D eigenvalue weighted by Crippen LogP contribution is 2.29. The molecule has 1 amide bonds. The molecule has 1 aliphatic heterocycles. The predicted octanol–water partition coefficient (Wildman–Crippen LogP) is -0.144. The van der Waals surface area contributed by atoms with Crippen molar-refractivity contribution in [3.63, 3.8) is 0 Å². The number of aliphatic carboxylic acids is 1. The molecule has 1 fully saturated rings. The van der Waals surface area contributed by atoms with E-state index in [2.05, 4.69) is 0 Å². The second-order valence-electron chi connectivity index (χ2n) is 4.39. The van der Waals surface area contributed by atoms with Crippen molar-refractivity contribution in [2.24, 2.45) is 5.41 Å². The quantitative estimate of drug-likeness (QED) is 0.626. The average molecular weight is 213 g/mol. The number of carbonyl (C=O) groups is 2. The lowest BCUT2D eigenvalue weighted by Crippen LogP contribution is -2.28. The summed E-state index contributed by atoms with van der Waals surface area (Å²) in [5, 5.41) is 18.0. The Bertz CT molecular complexity index is 309. The number of carboxylic acid groups (broad SMARTS) is 1. The molecular formula is C10H15NO4. The first-order chi connectivity index (χ1) is 6.83. The fraction of sp³-hybridized carbons (Fsp3) is 0.600. The van der Waals surface area contributed by atoms with Crippen LogP contribution in [-0.2, 0) is 9.59 Å². The van der Waals surface area contributed by atoms with E-state index < -0.39 is 12.1 Å². The smallest absolute Gasteiger partial charge is 0.328 e. The van der Waals surface area contributed by atoms with E-state index in [-0.39, 0.29) is 17.9 Å². The van der Waals surface area contributed by atoms with Crippen LogP contribution in [0.2, 0.25) is 0 Å². The molecule has 0 aromatic rings. The van der Waals surface area contributed by atoms with Gasteiger partial charge in [-0.05, 0) is 0 Å². The number of aliphatic hydroxyl groups is 1. The lowest BCUT2D eigenvalue weighted by Gasteiger charge is -2.20. The minimum Gasteiger partial charge on any atom is -0.478 e. The zero-order valence-electron chi connectivity index (χ0n) is 8.80. The Morgan fingerprint density at radius 3 is 2.40 bits per heavy atom. The zero-order valence-corrected chi connectivity index (χ0v) is 8.80. The van der Waals surface area contributed by atoms with Crippen LogP contribution in [0.3, 0.4) is 0 Å². The largest absolute Gasteiger partial charge is 0.478 e. The van der Waals surface area contributed by atoms with E-state index in [0.29, 0.717) is 6.54 Å². The molecular weight excluding hydrogens is 198 g/mol. The number of aliphatic hydroxyl groups excluding tert-OH is 1. The van der Waals surface area contributed by atoms with Gasteiger partial charge < -0.3 is 15.1 Å². The van der Waals surface area contributed by atoms with E-state index in [1.165, 1.54) is 4.90 Å². The summed E-state index contributed by atoms with van der Waals surface area (Å²) in [6.45, 7) is 4.43. The van der Waals surface area contributed by atoms with Crippen molar-refractivity contribution in [1.82, 2.24) is 4.90 Å². The van der Waals surface area contributed by atoms with Crippen LogP contribution in [0.15, 0.2) is 12.2 Å². The molecule has 1 aliphatic rings. The van der Waals surface area contributed by atoms with Gasteiger partial charge in [0, 0.05) is 30.7 Å². The molecule has 5 nitrogen and oxygen atoms in total. The Labute approximate surface area is 88.0 Å². The summed E-state index contributed by atoms with van der Waals surface area (Å²) < 4.78 is 0. The average Bonchev–Trinajstić information content (AvgIpc) is 2.37. The first kappa shape index (κ1) is 11.7. The third-order valence-corrected chi connectivity index (χ3v) is 2.57. The van der Waals surface area contributed by atoms with E-state index in [1.54, 1.807) is 0 Å². The van der Waals surface area contributed by atoms with E-state index in [9.17, 15) is 14.7 Å². The molecule has 0 saturated carbocycles. The molecule has 1 unspecified atom stereocenters. The Morgan fingerprint density at radius 2 is 2.00 bits per heavy atom. The molecule has 15 heavy (non-hydrogen) atoms. The Kier molecular flexibility index (Phi) is 3.14. The summed E-state index contributed by atoms with van der Waals surface area (Å²) in [6.07, 6.45) is 1.26. The Hall–Kier alpha value is -1.36. The van der Waals surface area contributed by atoms with Crippen LogP contribution in [0.5, 0.6) is 0 Å². The third-order valence-electron chi connectivity index (χ3n) is 2.57. The van der Waals surface area contributed by atoms with Gasteiger partial charge in [0.05, 0.1) is 6.10 Å². The van der Waals surface area contributed by atoms with Gasteiger partial charge in [0.2, 0.25) is 5.91 Å². The van der Waals surface area contributed by atoms with Gasteiger partial charge >= 0.3 is 5.97 Å². The van der Waals surface area contributed by atoms with Gasteiger partial charge in [-0.25, -0.2) is 4.79 Å². The molecule has 0 aromatic carbocycles. The van der Waals surface area contributed by atoms with E-state index in [1.807, 2.05) is 13.8 Å². The minimum absolute atomic E-state index is 0.260. The van der Waals surface area contributed by atoms with Crippen LogP contribution in [0.25, 0.3) is 0 Å². The van der Waals surface area contributed by atoms with Gasteiger partial charge in [0.15, 0.2) is 0 Å². The van der Waals surface area contributed by atoms with Crippen molar-refractivity contribution < 1.29 is 19.8 Å². The van der Waals surface area contributed by atoms with Crippen LogP contribution in [0.1, 0.15) is 13.8 Å². The van der Waals surface area contributed by atoms with Gasteiger partial charge in [-0.15, -0.1) is 0 Å². The molecule has 0 radical (unpaired) electrons. The van der Waals surface area contributed by atoms with Gasteiger partial charge in [-0.2, -0.15) is 0 Å². The molecule has 5 heteroatoms. The van der Waals surface area contributed by atoms with Crippen molar-refractivity contribution in [3.8, 4) is 0 Å². The van der Waals surface area contributed by atoms with E-state index in [4.69, 9.17) is 5.11 Å². The minimum atomic E-state index is -1.15. The standard InChI is InChI=1S/C10H15NO4/c1-10(2)6-11(5-7(10)12)8(13)3-4-9(14)15/h3-4,7,12H,5-6H2,1-2H3,(H,14,15)/b4-3-. The van der Waals surface area contributed by atoms with Gasteiger partial charge in [0.1, 0.15) is 0 Å². The predicted molar refractivity (Wildman–Crippen MR) is 53.1 cm³/mol. The molecule has 0 aromatic heterocycles. The van der Waals surface area contributed by atoms with Crippen molar-refractivity contribution in [1.29, 1.82) is 0 Å². The molecule has 1 heterocycles. The Balaban J connectivity index is 2.61. The van der Waals surface area contributed by atoms with Gasteiger partial charge in [0.25, 0.3) is 0 Å². The Morgan fingerprint density at radius 1 is 1.40 bits per heavy atom. The number of nitrogens with zero attached hydrogens (tertiary/aromatic N) is 1. The molecule has 1 saturated heterocycles. The number of amides is 1. The lowest BCUT2D eigenvalue weighted by atomic mass is 9.90. The number of likely N-dealkylation sites (tertiary alicyclic amines) is 1. The maximum absolute atomic E-state index is 11.4. The van der Waals surface area contributed by atoms with Gasteiger partial charge in [-0.1, -0.05) is 13.8 Å². The van der Waals surface area contributed by atoms with Crippen LogP contribution < -0.4 is 0 Å². The van der Waals surface area contributed by atoms with Crippen molar-refractivity contribution in [2.45, 2.75) is 20.0 Å². The highest BCUT2D eigenvalue weighted by molar-refractivity contribution is 5.94. The summed E-state index contributed by atoms with van der Waals surface area (Å²) in [4.78, 5) is 23.1. The fourth-order valence-corrected chi connectivity index (χ4v) is 1.53. The van der Waals surface area contributed by atoms with Crippen LogP contribution in [-0.4, -0.2) is 46.2 Å². The topological polar surface area (TPSA) is 77.8 Å². The molecule has 0 bridgehead atoms. The summed E-state index contributed by atoms with van der Waals surface area (Å²) in [5.74, 6) is -1.52. The van der Waals surface area contributed by atoms with Crippen molar-refractivity contribution in [2.75, 3.05) is 13.1 Å². The molecule has 0 spiro atoms. The zero-order chi connectivity index (χ0) is 11.6. The number of β-amino-alcohol motifs (C(OH)–C–C–N with tert-alkyl or cyclic N) is 1. The highest BCUT2D eigenvalue weighted by Gasteiger charge is 2.39. The molecule has 1 rings (SSSR count). The fourth-order valence-electron chi connectivity index (χ4n) is 1.53. The summed E-state index contributed by atoms with van der Waals surface area (Å²) in [6, 6.07) is 0. The second kappa shape index (κ2) is 4.02. The normalized spacial score (nSPS) is 24.7. The van der Waals surface area contributed by atoms with Gasteiger partial charge in [-0.3, -0.25) is 4.79 Å². The second-order valence-corrected chi connectivity index (χ2v) is 4.39. The molecule has 0 aliphatic carbocycles. The van der Waals surface area contributed by atoms with Crippen LogP contribution >= 0.6 is 0 Å². The number of carbonyl (C=O) groups excluding carboxylic acids is 1. The summed E-state index contributed by atoms with van der Waals surface area (Å²) in [5.41, 5.74) is -0.327. The number of hydrogen-bond donors (Lipinski definition) is 2. The van der Waals surface area contributed by atoms with Crippen LogP contribution in [0.4, 0.5) is 0 Å². The SMILES string of the molecule is CC1(C)CN(C(=O)/C=C\C(=O)O)CC1O. The number of hydrogen-bond acceptors (Lipinski definition) is 3. The number of rotatable bonds is 2. The maximum atomic E-state index is 11.4. The van der Waals surface area contributed by atoms with E-state index in [0.717, 1.165) is 12.2 Å². The first-order valence-electron chi connectivity index (χ1n) is 4.71. The number of carboxylic acids is 1. The molecule has 2 N–H and O–H groups in total. The van der Waals surface area contributed by atoms with Crippen LogP contribution in [0, 0.1) is 5.41 Å². The first-order valence-corrected chi connectivity index (χ1v) is 4.71.